The van der Waals surface area contributed by atoms with E-state index in [4.69, 9.17) is 9.47 Å². The predicted octanol–water partition coefficient (Wildman–Crippen LogP) is 8.63. The van der Waals surface area contributed by atoms with Crippen LogP contribution < -0.4 is 4.74 Å². The molecule has 1 aromatic rings. The van der Waals surface area contributed by atoms with Crippen LogP contribution in [0, 0.1) is 0 Å². The minimum atomic E-state index is -0.260. The van der Waals surface area contributed by atoms with Crippen LogP contribution >= 0.6 is 15.9 Å². The lowest BCUT2D eigenvalue weighted by Crippen LogP contribution is -2.37. The maximum Gasteiger partial charge on any atom is 0.338 e. The highest BCUT2D eigenvalue weighted by Gasteiger charge is 2.35. The van der Waals surface area contributed by atoms with Crippen molar-refractivity contribution >= 4 is 21.9 Å². The van der Waals surface area contributed by atoms with Crippen molar-refractivity contribution in [3.05, 3.63) is 28.2 Å². The van der Waals surface area contributed by atoms with E-state index in [1.54, 1.807) is 0 Å². The topological polar surface area (TPSA) is 35.5 Å². The van der Waals surface area contributed by atoms with Crippen molar-refractivity contribution in [3.8, 4) is 5.75 Å². The van der Waals surface area contributed by atoms with Gasteiger partial charge in [0.2, 0.25) is 0 Å². The van der Waals surface area contributed by atoms with Crippen LogP contribution in [0.2, 0.25) is 0 Å². The quantitative estimate of drug-likeness (QED) is 0.197. The number of hydrogen-bond donors (Lipinski definition) is 0. The highest BCUT2D eigenvalue weighted by molar-refractivity contribution is 9.10. The van der Waals surface area contributed by atoms with Crippen LogP contribution in [0.5, 0.6) is 5.75 Å². The number of carbonyl (C=O) groups is 1. The largest absolute Gasteiger partial charge is 0.492 e. The predicted molar refractivity (Wildman–Crippen MR) is 128 cm³/mol. The third kappa shape index (κ3) is 8.61. The molecule has 170 valence electrons. The van der Waals surface area contributed by atoms with Crippen LogP contribution in [0.15, 0.2) is 22.7 Å². The summed E-state index contributed by atoms with van der Waals surface area (Å²) < 4.78 is 12.9. The number of rotatable bonds is 14. The molecule has 1 fully saturated rings. The van der Waals surface area contributed by atoms with E-state index in [1.807, 2.05) is 18.2 Å². The molecule has 0 aliphatic heterocycles. The van der Waals surface area contributed by atoms with Gasteiger partial charge >= 0.3 is 5.97 Å². The van der Waals surface area contributed by atoms with E-state index in [0.717, 1.165) is 61.8 Å². The number of ether oxygens (including phenoxy) is 2. The minimum Gasteiger partial charge on any atom is -0.492 e. The molecule has 0 spiro atoms. The lowest BCUT2D eigenvalue weighted by atomic mass is 9.81. The van der Waals surface area contributed by atoms with Crippen molar-refractivity contribution in [1.29, 1.82) is 0 Å². The molecule has 0 unspecified atom stereocenters. The van der Waals surface area contributed by atoms with E-state index in [1.165, 1.54) is 51.4 Å². The Balaban J connectivity index is 1.87. The van der Waals surface area contributed by atoms with E-state index in [-0.39, 0.29) is 11.6 Å². The third-order valence-electron chi connectivity index (χ3n) is 6.23. The molecule has 0 saturated heterocycles. The van der Waals surface area contributed by atoms with Gasteiger partial charge in [0, 0.05) is 0 Å². The molecule has 1 aromatic carbocycles. The van der Waals surface area contributed by atoms with Gasteiger partial charge in [-0.25, -0.2) is 4.79 Å². The van der Waals surface area contributed by atoms with Crippen LogP contribution in [-0.2, 0) is 4.74 Å². The van der Waals surface area contributed by atoms with Gasteiger partial charge in [0.15, 0.2) is 0 Å². The van der Waals surface area contributed by atoms with Gasteiger partial charge in [-0.1, -0.05) is 65.2 Å². The summed E-state index contributed by atoms with van der Waals surface area (Å²) in [5, 5.41) is 0. The van der Waals surface area contributed by atoms with E-state index in [2.05, 4.69) is 29.8 Å². The first kappa shape index (κ1) is 25.2. The first-order valence-corrected chi connectivity index (χ1v) is 13.1. The zero-order valence-electron chi connectivity index (χ0n) is 19.1. The number of hydrogen-bond acceptors (Lipinski definition) is 3. The SMILES string of the molecule is CCCCCCCCOc1ccc(C(=O)OC2(CCCCC)CCCCC2)cc1Br. The summed E-state index contributed by atoms with van der Waals surface area (Å²) in [5.74, 6) is 0.604. The highest BCUT2D eigenvalue weighted by Crippen LogP contribution is 2.37. The van der Waals surface area contributed by atoms with E-state index in [0.29, 0.717) is 5.56 Å². The second kappa shape index (κ2) is 14.1. The van der Waals surface area contributed by atoms with E-state index >= 15 is 0 Å². The summed E-state index contributed by atoms with van der Waals surface area (Å²) in [7, 11) is 0. The molecule has 0 atom stereocenters. The summed E-state index contributed by atoms with van der Waals surface area (Å²) in [6.07, 6.45) is 17.6. The van der Waals surface area contributed by atoms with Gasteiger partial charge in [-0.2, -0.15) is 0 Å². The van der Waals surface area contributed by atoms with Gasteiger partial charge < -0.3 is 9.47 Å². The Kier molecular flexibility index (Phi) is 11.9. The summed E-state index contributed by atoms with van der Waals surface area (Å²) in [5.41, 5.74) is 0.346. The van der Waals surface area contributed by atoms with Crippen molar-refractivity contribution < 1.29 is 14.3 Å². The van der Waals surface area contributed by atoms with Gasteiger partial charge in [0.05, 0.1) is 16.6 Å². The van der Waals surface area contributed by atoms with Crippen molar-refractivity contribution in [3.63, 3.8) is 0 Å². The lowest BCUT2D eigenvalue weighted by molar-refractivity contribution is -0.0435. The fourth-order valence-corrected chi connectivity index (χ4v) is 4.85. The molecule has 3 nitrogen and oxygen atoms in total. The van der Waals surface area contributed by atoms with Gasteiger partial charge in [-0.15, -0.1) is 0 Å². The first-order valence-electron chi connectivity index (χ1n) is 12.3. The molecule has 0 N–H and O–H groups in total. The molecule has 1 aliphatic carbocycles. The molecule has 1 aliphatic rings. The lowest BCUT2D eigenvalue weighted by Gasteiger charge is -2.37. The smallest absolute Gasteiger partial charge is 0.338 e. The van der Waals surface area contributed by atoms with Crippen LogP contribution in [0.25, 0.3) is 0 Å². The summed E-state index contributed by atoms with van der Waals surface area (Å²) in [6, 6.07) is 5.58. The van der Waals surface area contributed by atoms with Crippen LogP contribution in [0.3, 0.4) is 0 Å². The molecular formula is C26H41BrO3. The number of carbonyl (C=O) groups excluding carboxylic acids is 1. The third-order valence-corrected chi connectivity index (χ3v) is 6.85. The van der Waals surface area contributed by atoms with Crippen LogP contribution in [0.4, 0.5) is 0 Å². The number of benzene rings is 1. The van der Waals surface area contributed by atoms with Crippen LogP contribution in [-0.4, -0.2) is 18.2 Å². The average Bonchev–Trinajstić information content (AvgIpc) is 2.75. The molecule has 0 bridgehead atoms. The number of esters is 1. The first-order chi connectivity index (χ1) is 14.6. The van der Waals surface area contributed by atoms with E-state index in [9.17, 15) is 4.79 Å². The number of unbranched alkanes of at least 4 members (excludes halogenated alkanes) is 7. The molecule has 4 heteroatoms. The average molecular weight is 482 g/mol. The maximum atomic E-state index is 12.9. The maximum absolute atomic E-state index is 12.9. The Labute approximate surface area is 192 Å². The van der Waals surface area contributed by atoms with Gasteiger partial charge in [0.1, 0.15) is 11.4 Å². The Hall–Kier alpha value is -1.03. The monoisotopic (exact) mass is 480 g/mol. The zero-order chi connectivity index (χ0) is 21.7. The Morgan fingerprint density at radius 3 is 2.30 bits per heavy atom. The fourth-order valence-electron chi connectivity index (χ4n) is 4.36. The number of halogens is 1. The summed E-state index contributed by atoms with van der Waals surface area (Å²) in [4.78, 5) is 12.9. The van der Waals surface area contributed by atoms with Gasteiger partial charge in [0.25, 0.3) is 0 Å². The molecule has 0 heterocycles. The molecule has 1 saturated carbocycles. The summed E-state index contributed by atoms with van der Waals surface area (Å²) in [6.45, 7) is 5.17. The summed E-state index contributed by atoms with van der Waals surface area (Å²) >= 11 is 3.58. The van der Waals surface area contributed by atoms with Gasteiger partial charge in [-0.05, 0) is 79.1 Å². The normalized spacial score (nSPS) is 15.7. The standard InChI is InChI=1S/C26H41BrO3/c1-3-5-7-8-9-14-20-29-24-16-15-22(21-23(24)27)25(28)30-26(17-11-6-4-2)18-12-10-13-19-26/h15-16,21H,3-14,17-20H2,1-2H3. The molecular weight excluding hydrogens is 440 g/mol. The molecule has 30 heavy (non-hydrogen) atoms. The second-order valence-electron chi connectivity index (χ2n) is 8.85. The van der Waals surface area contributed by atoms with Crippen molar-refractivity contribution in [2.45, 2.75) is 116 Å². The van der Waals surface area contributed by atoms with E-state index < -0.39 is 0 Å². The Morgan fingerprint density at radius 1 is 0.933 bits per heavy atom. The second-order valence-corrected chi connectivity index (χ2v) is 9.71. The Bertz CT molecular complexity index is 623. The van der Waals surface area contributed by atoms with Gasteiger partial charge in [-0.3, -0.25) is 0 Å². The van der Waals surface area contributed by atoms with Crippen molar-refractivity contribution in [1.82, 2.24) is 0 Å². The highest BCUT2D eigenvalue weighted by atomic mass is 79.9. The van der Waals surface area contributed by atoms with Crippen molar-refractivity contribution in [2.75, 3.05) is 6.61 Å². The Morgan fingerprint density at radius 2 is 1.60 bits per heavy atom. The molecule has 0 aromatic heterocycles. The zero-order valence-corrected chi connectivity index (χ0v) is 20.7. The molecule has 0 amide bonds. The van der Waals surface area contributed by atoms with Crippen LogP contribution in [0.1, 0.15) is 121 Å². The molecule has 2 rings (SSSR count). The molecule has 0 radical (unpaired) electrons. The van der Waals surface area contributed by atoms with Crippen molar-refractivity contribution in [2.24, 2.45) is 0 Å². The minimum absolute atomic E-state index is 0.198. The fraction of sp³-hybridized carbons (Fsp3) is 0.731.